The second-order valence-electron chi connectivity index (χ2n) is 4.26. The van der Waals surface area contributed by atoms with E-state index in [4.69, 9.17) is 9.15 Å². The second-order valence-corrected chi connectivity index (χ2v) is 4.26. The van der Waals surface area contributed by atoms with Gasteiger partial charge < -0.3 is 9.15 Å². The van der Waals surface area contributed by atoms with Gasteiger partial charge in [-0.15, -0.1) is 10.2 Å². The van der Waals surface area contributed by atoms with Crippen molar-refractivity contribution in [3.8, 4) is 17.2 Å². The van der Waals surface area contributed by atoms with E-state index in [-0.39, 0.29) is 0 Å². The third-order valence-corrected chi connectivity index (χ3v) is 2.74. The van der Waals surface area contributed by atoms with Gasteiger partial charge in [0.15, 0.2) is 0 Å². The van der Waals surface area contributed by atoms with Crippen molar-refractivity contribution < 1.29 is 9.15 Å². The van der Waals surface area contributed by atoms with Crippen molar-refractivity contribution in [2.45, 2.75) is 13.5 Å². The summed E-state index contributed by atoms with van der Waals surface area (Å²) < 4.78 is 11.0. The van der Waals surface area contributed by atoms with Crippen LogP contribution < -0.4 is 4.74 Å². The maximum absolute atomic E-state index is 5.66. The van der Waals surface area contributed by atoms with Crippen LogP contribution in [0.3, 0.4) is 0 Å². The summed E-state index contributed by atoms with van der Waals surface area (Å²) in [5.41, 5.74) is 1.76. The first-order chi connectivity index (χ1) is 9.81. The molecule has 0 radical (unpaired) electrons. The highest BCUT2D eigenvalue weighted by molar-refractivity contribution is 5.53. The first-order valence-corrected chi connectivity index (χ1v) is 6.24. The van der Waals surface area contributed by atoms with Crippen molar-refractivity contribution in [3.05, 3.63) is 60.2 Å². The number of nitrogens with zero attached hydrogens (tertiary/aromatic N) is 3. The molecule has 0 aliphatic heterocycles. The normalized spacial score (nSPS) is 10.4. The minimum absolute atomic E-state index is 0.444. The molecule has 0 aliphatic carbocycles. The highest BCUT2D eigenvalue weighted by Gasteiger charge is 2.05. The van der Waals surface area contributed by atoms with E-state index in [0.717, 1.165) is 17.0 Å². The molecule has 3 rings (SSSR count). The fourth-order valence-corrected chi connectivity index (χ4v) is 1.75. The number of aryl methyl sites for hydroxylation is 1. The lowest BCUT2D eigenvalue weighted by Gasteiger charge is -2.05. The van der Waals surface area contributed by atoms with Crippen LogP contribution in [0.2, 0.25) is 0 Å². The number of aromatic nitrogens is 3. The second kappa shape index (κ2) is 5.52. The molecule has 0 aliphatic rings. The van der Waals surface area contributed by atoms with Crippen LogP contribution in [0.1, 0.15) is 11.6 Å². The van der Waals surface area contributed by atoms with Gasteiger partial charge in [-0.2, -0.15) is 0 Å². The van der Waals surface area contributed by atoms with E-state index in [1.807, 2.05) is 42.5 Å². The lowest BCUT2D eigenvalue weighted by molar-refractivity contribution is 0.301. The number of ether oxygens (including phenoxy) is 1. The fourth-order valence-electron chi connectivity index (χ4n) is 1.75. The average molecular weight is 267 g/mol. The molecule has 0 N–H and O–H groups in total. The molecule has 0 saturated heterocycles. The predicted octanol–water partition coefficient (Wildman–Crippen LogP) is 3.02. The maximum atomic E-state index is 5.66. The van der Waals surface area contributed by atoms with Crippen molar-refractivity contribution in [1.29, 1.82) is 0 Å². The van der Waals surface area contributed by atoms with Crippen LogP contribution in [0.4, 0.5) is 0 Å². The maximum Gasteiger partial charge on any atom is 0.247 e. The monoisotopic (exact) mass is 267 g/mol. The van der Waals surface area contributed by atoms with Crippen molar-refractivity contribution in [3.63, 3.8) is 0 Å². The summed E-state index contributed by atoms with van der Waals surface area (Å²) in [6, 6.07) is 13.3. The number of hydrogen-bond donors (Lipinski definition) is 0. The summed E-state index contributed by atoms with van der Waals surface area (Å²) in [7, 11) is 0. The Kier molecular flexibility index (Phi) is 3.41. The zero-order chi connectivity index (χ0) is 13.8. The van der Waals surface area contributed by atoms with Gasteiger partial charge in [0, 0.05) is 18.7 Å². The molecule has 0 spiro atoms. The van der Waals surface area contributed by atoms with Crippen LogP contribution in [-0.2, 0) is 6.61 Å². The Morgan fingerprint density at radius 2 is 1.90 bits per heavy atom. The average Bonchev–Trinajstić information content (AvgIpc) is 2.93. The molecule has 100 valence electrons. The fraction of sp³-hybridized carbons (Fsp3) is 0.133. The largest absolute Gasteiger partial charge is 0.487 e. The molecule has 2 aromatic heterocycles. The number of benzene rings is 1. The molecule has 0 unspecified atom stereocenters. The zero-order valence-electron chi connectivity index (χ0n) is 11.0. The molecule has 5 heteroatoms. The standard InChI is InChI=1S/C15H13N3O2/c1-11-17-18-15(20-11)12-5-7-14(8-6-12)19-10-13-4-2-3-9-16-13/h2-9H,10H2,1H3. The van der Waals surface area contributed by atoms with E-state index in [0.29, 0.717) is 18.4 Å². The molecule has 1 aromatic carbocycles. The van der Waals surface area contributed by atoms with Crippen LogP contribution >= 0.6 is 0 Å². The molecule has 0 amide bonds. The summed E-state index contributed by atoms with van der Waals surface area (Å²) in [5, 5.41) is 7.78. The Morgan fingerprint density at radius 3 is 2.55 bits per heavy atom. The number of pyridine rings is 1. The summed E-state index contributed by atoms with van der Waals surface area (Å²) in [6.45, 7) is 2.21. The Labute approximate surface area is 116 Å². The Balaban J connectivity index is 1.67. The van der Waals surface area contributed by atoms with E-state index in [2.05, 4.69) is 15.2 Å². The first-order valence-electron chi connectivity index (χ1n) is 6.24. The van der Waals surface area contributed by atoms with Gasteiger partial charge in [0.25, 0.3) is 0 Å². The lowest BCUT2D eigenvalue weighted by Crippen LogP contribution is -1.97. The van der Waals surface area contributed by atoms with Crippen LogP contribution in [0.5, 0.6) is 5.75 Å². The van der Waals surface area contributed by atoms with Gasteiger partial charge in [-0.3, -0.25) is 4.98 Å². The van der Waals surface area contributed by atoms with E-state index in [1.54, 1.807) is 13.1 Å². The third-order valence-electron chi connectivity index (χ3n) is 2.74. The zero-order valence-corrected chi connectivity index (χ0v) is 11.0. The van der Waals surface area contributed by atoms with E-state index < -0.39 is 0 Å². The summed E-state index contributed by atoms with van der Waals surface area (Å²) >= 11 is 0. The number of rotatable bonds is 4. The van der Waals surface area contributed by atoms with Crippen LogP contribution in [0, 0.1) is 6.92 Å². The lowest BCUT2D eigenvalue weighted by atomic mass is 10.2. The predicted molar refractivity (Wildman–Crippen MR) is 73.0 cm³/mol. The summed E-state index contributed by atoms with van der Waals surface area (Å²) in [6.07, 6.45) is 1.75. The van der Waals surface area contributed by atoms with Gasteiger partial charge in [-0.1, -0.05) is 6.07 Å². The molecule has 2 heterocycles. The van der Waals surface area contributed by atoms with E-state index in [9.17, 15) is 0 Å². The van der Waals surface area contributed by atoms with Gasteiger partial charge in [0.2, 0.25) is 11.8 Å². The van der Waals surface area contributed by atoms with Gasteiger partial charge >= 0.3 is 0 Å². The molecule has 0 atom stereocenters. The van der Waals surface area contributed by atoms with E-state index in [1.165, 1.54) is 0 Å². The molecule has 0 bridgehead atoms. The van der Waals surface area contributed by atoms with Crippen LogP contribution in [0.15, 0.2) is 53.1 Å². The topological polar surface area (TPSA) is 61.0 Å². The minimum atomic E-state index is 0.444. The van der Waals surface area contributed by atoms with Gasteiger partial charge in [-0.05, 0) is 36.4 Å². The smallest absolute Gasteiger partial charge is 0.247 e. The Morgan fingerprint density at radius 1 is 1.05 bits per heavy atom. The van der Waals surface area contributed by atoms with Crippen LogP contribution in [0.25, 0.3) is 11.5 Å². The van der Waals surface area contributed by atoms with Gasteiger partial charge in [0.05, 0.1) is 5.69 Å². The molecule has 5 nitrogen and oxygen atoms in total. The first kappa shape index (κ1) is 12.3. The quantitative estimate of drug-likeness (QED) is 0.727. The Bertz CT molecular complexity index is 678. The molecule has 20 heavy (non-hydrogen) atoms. The molecular formula is C15H13N3O2. The highest BCUT2D eigenvalue weighted by Crippen LogP contribution is 2.21. The van der Waals surface area contributed by atoms with E-state index >= 15 is 0 Å². The SMILES string of the molecule is Cc1nnc(-c2ccc(OCc3ccccn3)cc2)o1. The Hall–Kier alpha value is -2.69. The summed E-state index contributed by atoms with van der Waals surface area (Å²) in [4.78, 5) is 4.20. The molecule has 3 aromatic rings. The van der Waals surface area contributed by atoms with Crippen molar-refractivity contribution in [2.24, 2.45) is 0 Å². The van der Waals surface area contributed by atoms with Gasteiger partial charge in [-0.25, -0.2) is 0 Å². The summed E-state index contributed by atoms with van der Waals surface area (Å²) in [5.74, 6) is 1.84. The molecule has 0 fully saturated rings. The number of hydrogen-bond acceptors (Lipinski definition) is 5. The molecular weight excluding hydrogens is 254 g/mol. The third kappa shape index (κ3) is 2.83. The minimum Gasteiger partial charge on any atom is -0.487 e. The molecule has 0 saturated carbocycles. The van der Waals surface area contributed by atoms with Crippen LogP contribution in [-0.4, -0.2) is 15.2 Å². The van der Waals surface area contributed by atoms with Crippen molar-refractivity contribution in [1.82, 2.24) is 15.2 Å². The van der Waals surface area contributed by atoms with Crippen molar-refractivity contribution in [2.75, 3.05) is 0 Å². The van der Waals surface area contributed by atoms with Gasteiger partial charge in [0.1, 0.15) is 12.4 Å². The highest BCUT2D eigenvalue weighted by atomic mass is 16.5. The van der Waals surface area contributed by atoms with Crippen molar-refractivity contribution >= 4 is 0 Å².